The molecule has 0 saturated carbocycles. The molecule has 0 fully saturated rings. The van der Waals surface area contributed by atoms with Crippen molar-refractivity contribution in [2.75, 3.05) is 0 Å². The van der Waals surface area contributed by atoms with E-state index in [9.17, 15) is 23.5 Å². The largest absolute Gasteiger partial charge is 0.507 e. The quantitative estimate of drug-likeness (QED) is 0.603. The third kappa shape index (κ3) is 3.89. The maximum Gasteiger partial charge on any atom is 0.259 e. The highest BCUT2D eigenvalue weighted by Crippen LogP contribution is 2.43. The zero-order valence-electron chi connectivity index (χ0n) is 16.6. The molecule has 4 rings (SSSR count). The van der Waals surface area contributed by atoms with Gasteiger partial charge in [0.1, 0.15) is 23.4 Å². The Morgan fingerprint density at radius 2 is 1.94 bits per heavy atom. The fraction of sp³-hybridized carbons (Fsp3) is 0.174. The van der Waals surface area contributed by atoms with Crippen LogP contribution in [0.25, 0.3) is 0 Å². The van der Waals surface area contributed by atoms with Gasteiger partial charge in [0.2, 0.25) is 5.91 Å². The van der Waals surface area contributed by atoms with E-state index in [1.165, 1.54) is 30.5 Å². The molecule has 1 aliphatic carbocycles. The van der Waals surface area contributed by atoms with E-state index in [0.29, 0.717) is 17.5 Å². The van der Waals surface area contributed by atoms with Crippen molar-refractivity contribution >= 4 is 23.4 Å². The monoisotopic (exact) mass is 457 g/mol. The highest BCUT2D eigenvalue weighted by atomic mass is 35.5. The van der Waals surface area contributed by atoms with Crippen LogP contribution in [0.15, 0.2) is 54.9 Å². The summed E-state index contributed by atoms with van der Waals surface area (Å²) < 4.78 is 28.5. The van der Waals surface area contributed by atoms with Crippen molar-refractivity contribution in [3.8, 4) is 5.75 Å². The number of carbonyl (C=O) groups excluding carboxylic acids is 2. The number of pyridine rings is 1. The van der Waals surface area contributed by atoms with Crippen LogP contribution in [0, 0.1) is 11.6 Å². The van der Waals surface area contributed by atoms with Crippen molar-refractivity contribution in [1.82, 2.24) is 9.88 Å². The van der Waals surface area contributed by atoms with Crippen LogP contribution in [0.3, 0.4) is 0 Å². The van der Waals surface area contributed by atoms with Crippen molar-refractivity contribution in [2.45, 2.75) is 24.9 Å². The third-order valence-electron chi connectivity index (χ3n) is 5.52. The molecule has 0 bridgehead atoms. The Morgan fingerprint density at radius 3 is 2.62 bits per heavy atom. The van der Waals surface area contributed by atoms with Crippen LogP contribution in [0.5, 0.6) is 5.75 Å². The first kappa shape index (κ1) is 21.7. The molecule has 1 aliphatic rings. The van der Waals surface area contributed by atoms with Crippen LogP contribution < -0.4 is 5.73 Å². The molecule has 3 aromatic rings. The summed E-state index contributed by atoms with van der Waals surface area (Å²) in [6.45, 7) is 0. The fourth-order valence-corrected chi connectivity index (χ4v) is 4.40. The molecular formula is C23H18ClF2N3O3. The minimum atomic E-state index is -1.43. The Hall–Kier alpha value is -3.52. The predicted molar refractivity (Wildman–Crippen MR) is 113 cm³/mol. The summed E-state index contributed by atoms with van der Waals surface area (Å²) in [6, 6.07) is 7.35. The molecule has 32 heavy (non-hydrogen) atoms. The zero-order chi connectivity index (χ0) is 23.0. The van der Waals surface area contributed by atoms with E-state index in [2.05, 4.69) is 4.98 Å². The summed E-state index contributed by atoms with van der Waals surface area (Å²) in [4.78, 5) is 31.2. The van der Waals surface area contributed by atoms with E-state index in [1.807, 2.05) is 0 Å². The van der Waals surface area contributed by atoms with E-state index in [0.717, 1.165) is 17.2 Å². The number of amides is 2. The van der Waals surface area contributed by atoms with Gasteiger partial charge in [-0.05, 0) is 54.3 Å². The third-order valence-corrected chi connectivity index (χ3v) is 5.73. The first-order chi connectivity index (χ1) is 15.3. The summed E-state index contributed by atoms with van der Waals surface area (Å²) in [5.41, 5.74) is 6.44. The Balaban J connectivity index is 1.91. The molecule has 2 atom stereocenters. The lowest BCUT2D eigenvalue weighted by atomic mass is 9.98. The molecule has 0 radical (unpaired) electrons. The molecule has 2 amide bonds. The van der Waals surface area contributed by atoms with Crippen molar-refractivity contribution in [1.29, 1.82) is 0 Å². The Morgan fingerprint density at radius 1 is 1.19 bits per heavy atom. The second kappa shape index (κ2) is 8.55. The van der Waals surface area contributed by atoms with Gasteiger partial charge >= 0.3 is 0 Å². The second-order valence-electron chi connectivity index (χ2n) is 7.48. The van der Waals surface area contributed by atoms with E-state index in [-0.39, 0.29) is 28.3 Å². The SMILES string of the molecule is NC(=O)C(c1cncc(F)c1)N(C(=O)c1ccccc1O)[C@@H]1CCc2c(F)cc(Cl)cc21. The molecule has 9 heteroatoms. The molecule has 1 aromatic heterocycles. The number of benzene rings is 2. The summed E-state index contributed by atoms with van der Waals surface area (Å²) in [7, 11) is 0. The van der Waals surface area contributed by atoms with Crippen molar-refractivity contribution in [2.24, 2.45) is 5.73 Å². The maximum atomic E-state index is 14.5. The molecule has 0 aliphatic heterocycles. The summed E-state index contributed by atoms with van der Waals surface area (Å²) >= 11 is 6.07. The number of aromatic nitrogens is 1. The number of phenolic OH excluding ortho intramolecular Hbond substituents is 1. The average Bonchev–Trinajstić information content (AvgIpc) is 3.15. The average molecular weight is 458 g/mol. The van der Waals surface area contributed by atoms with Gasteiger partial charge in [-0.25, -0.2) is 8.78 Å². The Labute approximate surface area is 187 Å². The molecular weight excluding hydrogens is 440 g/mol. The van der Waals surface area contributed by atoms with Crippen LogP contribution >= 0.6 is 11.6 Å². The molecule has 0 saturated heterocycles. The van der Waals surface area contributed by atoms with Crippen LogP contribution in [-0.2, 0) is 11.2 Å². The van der Waals surface area contributed by atoms with Gasteiger partial charge in [0.15, 0.2) is 0 Å². The summed E-state index contributed by atoms with van der Waals surface area (Å²) in [5.74, 6) is -3.21. The van der Waals surface area contributed by atoms with E-state index in [1.54, 1.807) is 12.1 Å². The van der Waals surface area contributed by atoms with Crippen LogP contribution in [0.1, 0.15) is 45.6 Å². The topological polar surface area (TPSA) is 96.5 Å². The van der Waals surface area contributed by atoms with E-state index < -0.39 is 35.5 Å². The van der Waals surface area contributed by atoms with Gasteiger partial charge in [0, 0.05) is 16.8 Å². The van der Waals surface area contributed by atoms with Gasteiger partial charge < -0.3 is 15.7 Å². The normalized spacial score (nSPS) is 15.8. The van der Waals surface area contributed by atoms with Gasteiger partial charge in [-0.2, -0.15) is 0 Å². The molecule has 3 N–H and O–H groups in total. The number of para-hydroxylation sites is 1. The molecule has 2 aromatic carbocycles. The first-order valence-corrected chi connectivity index (χ1v) is 10.1. The van der Waals surface area contributed by atoms with Gasteiger partial charge in [-0.1, -0.05) is 23.7 Å². The van der Waals surface area contributed by atoms with Crippen molar-refractivity contribution in [3.05, 3.63) is 93.8 Å². The first-order valence-electron chi connectivity index (χ1n) is 9.76. The minimum absolute atomic E-state index is 0.0530. The molecule has 164 valence electrons. The van der Waals surface area contributed by atoms with Gasteiger partial charge in [0.05, 0.1) is 17.8 Å². The highest BCUT2D eigenvalue weighted by Gasteiger charge is 2.41. The van der Waals surface area contributed by atoms with Gasteiger partial charge in [0.25, 0.3) is 5.91 Å². The number of phenols is 1. The lowest BCUT2D eigenvalue weighted by Gasteiger charge is -2.35. The van der Waals surface area contributed by atoms with Gasteiger partial charge in [-0.3, -0.25) is 14.6 Å². The number of hydrogen-bond donors (Lipinski definition) is 2. The number of nitrogens with two attached hydrogens (primary N) is 1. The highest BCUT2D eigenvalue weighted by molar-refractivity contribution is 6.30. The molecule has 1 heterocycles. The number of rotatable bonds is 5. The maximum absolute atomic E-state index is 14.5. The number of carbonyl (C=O) groups is 2. The lowest BCUT2D eigenvalue weighted by Crippen LogP contribution is -2.43. The molecule has 0 spiro atoms. The molecule has 1 unspecified atom stereocenters. The fourth-order valence-electron chi connectivity index (χ4n) is 4.18. The van der Waals surface area contributed by atoms with E-state index >= 15 is 0 Å². The number of nitrogens with zero attached hydrogens (tertiary/aromatic N) is 2. The predicted octanol–water partition coefficient (Wildman–Crippen LogP) is 4.08. The summed E-state index contributed by atoms with van der Waals surface area (Å²) in [5, 5.41) is 10.4. The number of primary amides is 1. The number of hydrogen-bond acceptors (Lipinski definition) is 4. The standard InChI is InChI=1S/C23H18ClF2N3O3/c24-13-8-17-15(18(26)9-13)5-6-19(17)29(23(32)16-3-1-2-4-20(16)30)21(22(27)31)12-7-14(25)11-28-10-12/h1-4,7-11,19,21,30H,5-6H2,(H2,27,31)/t19-,21?/m1/s1. The smallest absolute Gasteiger partial charge is 0.259 e. The minimum Gasteiger partial charge on any atom is -0.507 e. The van der Waals surface area contributed by atoms with Crippen molar-refractivity contribution in [3.63, 3.8) is 0 Å². The van der Waals surface area contributed by atoms with E-state index in [4.69, 9.17) is 17.3 Å². The number of halogens is 3. The Kier molecular flexibility index (Phi) is 5.80. The second-order valence-corrected chi connectivity index (χ2v) is 7.92. The van der Waals surface area contributed by atoms with Crippen molar-refractivity contribution < 1.29 is 23.5 Å². The molecule has 6 nitrogen and oxygen atoms in total. The van der Waals surface area contributed by atoms with Crippen LogP contribution in [-0.4, -0.2) is 26.8 Å². The summed E-state index contributed by atoms with van der Waals surface area (Å²) in [6.07, 6.45) is 2.76. The number of fused-ring (bicyclic) bond motifs is 1. The number of aromatic hydroxyl groups is 1. The van der Waals surface area contributed by atoms with Crippen LogP contribution in [0.2, 0.25) is 5.02 Å². The zero-order valence-corrected chi connectivity index (χ0v) is 17.4. The van der Waals surface area contributed by atoms with Gasteiger partial charge in [-0.15, -0.1) is 0 Å². The van der Waals surface area contributed by atoms with Crippen LogP contribution in [0.4, 0.5) is 8.78 Å². The Bertz CT molecular complexity index is 1220. The lowest BCUT2D eigenvalue weighted by molar-refractivity contribution is -0.123.